The lowest BCUT2D eigenvalue weighted by atomic mass is 9.78. The van der Waals surface area contributed by atoms with Crippen molar-refractivity contribution in [1.29, 1.82) is 0 Å². The van der Waals surface area contributed by atoms with Gasteiger partial charge in [0.1, 0.15) is 11.1 Å². The number of aromatic amines is 2. The Morgan fingerprint density at radius 1 is 0.450 bits per heavy atom. The van der Waals surface area contributed by atoms with Crippen molar-refractivity contribution in [2.75, 3.05) is 14.2 Å². The summed E-state index contributed by atoms with van der Waals surface area (Å²) in [5.74, 6) is -0.966. The molecule has 0 amide bonds. The molecular weight excluding hydrogens is 985 g/mol. The molecule has 13 rings (SSSR count). The van der Waals surface area contributed by atoms with Crippen LogP contribution in [0.15, 0.2) is 95.4 Å². The molecule has 8 heteroatoms. The van der Waals surface area contributed by atoms with Gasteiger partial charge in [-0.1, -0.05) is 155 Å². The molecule has 3 aromatic heterocycles. The summed E-state index contributed by atoms with van der Waals surface area (Å²) in [6.45, 7) is 27.1. The van der Waals surface area contributed by atoms with Crippen LogP contribution in [0.2, 0.25) is 0 Å². The number of ether oxygens (including phenoxy) is 2. The first-order valence-electron chi connectivity index (χ1n) is 27.5. The number of nitrogens with zero attached hydrogens (tertiary/aromatic N) is 2. The molecule has 0 saturated heterocycles. The van der Waals surface area contributed by atoms with E-state index >= 15 is 0 Å². The quantitative estimate of drug-likeness (QED) is 0.134. The number of aromatic nitrogens is 4. The second kappa shape index (κ2) is 17.3. The molecule has 6 aliphatic rings. The maximum absolute atomic E-state index is 13.8. The standard InChI is InChI=1S/C72H62N4O4/c1-69(2,3)39-27-37(28-40(31-39)70(4,5)6)59-53-23-25-55(73-53)63-45-21-17-15-20-44-52(68(78)80-14)34-48(62(44)45)50-36-58(76-66(50)63)60(38-29-41(71(7,8)9)32-42(30-38)72(10,11)12)54-24-26-56(74-54)64-46-22-18-16-19-43-51(67(77)79-13)33-47(61(43)46)49-35-57(59)75-65(49)64/h15-18,21-32,35-36,75-76H,1-14H3. The van der Waals surface area contributed by atoms with Gasteiger partial charge in [-0.05, 0) is 115 Å². The zero-order valence-corrected chi connectivity index (χ0v) is 47.9. The highest BCUT2D eigenvalue weighted by Crippen LogP contribution is 2.45. The summed E-state index contributed by atoms with van der Waals surface area (Å²) in [5.41, 5.74) is 33.6. The lowest BCUT2D eigenvalue weighted by molar-refractivity contribution is -0.136. The molecule has 7 aromatic rings. The van der Waals surface area contributed by atoms with Crippen molar-refractivity contribution >= 4 is 115 Å². The number of allylic oxidation sites excluding steroid dienone is 2. The Bertz CT molecular complexity index is 4400. The van der Waals surface area contributed by atoms with Crippen LogP contribution in [-0.4, -0.2) is 46.1 Å². The first kappa shape index (κ1) is 50.5. The van der Waals surface area contributed by atoms with Crippen LogP contribution in [0.5, 0.6) is 0 Å². The highest BCUT2D eigenvalue weighted by Gasteiger charge is 2.33. The van der Waals surface area contributed by atoms with Gasteiger partial charge in [-0.15, -0.1) is 11.5 Å². The van der Waals surface area contributed by atoms with Gasteiger partial charge in [-0.3, -0.25) is 0 Å². The summed E-state index contributed by atoms with van der Waals surface area (Å²) in [7, 11) is 2.81. The summed E-state index contributed by atoms with van der Waals surface area (Å²) < 4.78 is 10.9. The van der Waals surface area contributed by atoms with Crippen molar-refractivity contribution in [2.24, 2.45) is 0 Å². The molecule has 4 aromatic carbocycles. The zero-order chi connectivity index (χ0) is 56.3. The van der Waals surface area contributed by atoms with Crippen LogP contribution in [0.25, 0.3) is 125 Å². The van der Waals surface area contributed by atoms with E-state index in [4.69, 9.17) is 19.4 Å². The maximum atomic E-state index is 13.8. The molecule has 2 N–H and O–H groups in total. The van der Waals surface area contributed by atoms with E-state index in [-0.39, 0.29) is 21.7 Å². The number of rotatable bonds is 4. The zero-order valence-electron chi connectivity index (χ0n) is 47.9. The van der Waals surface area contributed by atoms with Crippen LogP contribution in [0.3, 0.4) is 0 Å². The van der Waals surface area contributed by atoms with E-state index in [1.165, 1.54) is 36.5 Å². The van der Waals surface area contributed by atoms with Crippen LogP contribution < -0.4 is 10.4 Å². The fourth-order valence-corrected chi connectivity index (χ4v) is 12.1. The van der Waals surface area contributed by atoms with Crippen LogP contribution in [0.4, 0.5) is 0 Å². The van der Waals surface area contributed by atoms with E-state index in [0.29, 0.717) is 22.3 Å². The van der Waals surface area contributed by atoms with Gasteiger partial charge in [0.05, 0.1) is 48.0 Å². The topological polar surface area (TPSA) is 110 Å². The van der Waals surface area contributed by atoms with E-state index in [1.54, 1.807) is 0 Å². The Kier molecular flexibility index (Phi) is 10.9. The van der Waals surface area contributed by atoms with Crippen molar-refractivity contribution in [3.8, 4) is 22.3 Å². The van der Waals surface area contributed by atoms with E-state index in [2.05, 4.69) is 201 Å². The molecular formula is C72H62N4O4. The molecule has 8 bridgehead atoms. The second-order valence-electron chi connectivity index (χ2n) is 25.9. The number of esters is 2. The van der Waals surface area contributed by atoms with Gasteiger partial charge in [-0.2, -0.15) is 0 Å². The van der Waals surface area contributed by atoms with Gasteiger partial charge in [0.15, 0.2) is 0 Å². The number of carbonyl (C=O) groups is 2. The normalized spacial score (nSPS) is 14.9. The first-order chi connectivity index (χ1) is 37.9. The predicted octanol–water partition coefficient (Wildman–Crippen LogP) is 15.0. The highest BCUT2D eigenvalue weighted by atomic mass is 16.5. The molecule has 0 radical (unpaired) electrons. The van der Waals surface area contributed by atoms with Gasteiger partial charge in [0.2, 0.25) is 0 Å². The number of methoxy groups -OCH3 is 2. The SMILES string of the molecule is COC(=O)C1=C=c2c3c(c4c5nc(c(-c6cc(C(C)(C)C)cc(C(C)(C)C)c6)c6cc7c8c9c(c(c%10nc(c(-c%11cc(C(C)(C)C)cc(C(C)(C)C)c%11)c%11cc2c4[nH]%11)C=C%10)c7[nH]6)C=CC=C=C9C(C(=O)OC)=C=8)C=C5)C=CC=C=C13. The smallest absolute Gasteiger partial charge is 0.347 e. The van der Waals surface area contributed by atoms with Crippen LogP contribution in [0, 0.1) is 0 Å². The van der Waals surface area contributed by atoms with E-state index in [1.807, 2.05) is 24.3 Å². The molecule has 0 saturated carbocycles. The van der Waals surface area contributed by atoms with Gasteiger partial charge in [0, 0.05) is 76.4 Å². The molecule has 0 atom stereocenters. The summed E-state index contributed by atoms with van der Waals surface area (Å²) in [4.78, 5) is 47.2. The lowest BCUT2D eigenvalue weighted by Crippen LogP contribution is -2.16. The Morgan fingerprint density at radius 3 is 1.14 bits per heavy atom. The van der Waals surface area contributed by atoms with Crippen molar-refractivity contribution < 1.29 is 19.1 Å². The summed E-state index contributed by atoms with van der Waals surface area (Å²) >= 11 is 0. The third kappa shape index (κ3) is 7.75. The Labute approximate surface area is 465 Å². The van der Waals surface area contributed by atoms with E-state index in [0.717, 1.165) is 121 Å². The average Bonchev–Trinajstić information content (AvgIpc) is 4.47. The fraction of sp³-hybridized carbons (Fsp3) is 0.250. The molecule has 5 heterocycles. The van der Waals surface area contributed by atoms with Crippen molar-refractivity contribution in [2.45, 2.75) is 105 Å². The predicted molar refractivity (Wildman–Crippen MR) is 329 cm³/mol. The molecule has 8 nitrogen and oxygen atoms in total. The average molecular weight is 1050 g/mol. The number of H-pyrrole nitrogens is 2. The number of fused-ring (bicyclic) bond motifs is 12. The number of benzene rings is 4. The number of hydrogen-bond acceptors (Lipinski definition) is 6. The van der Waals surface area contributed by atoms with Crippen molar-refractivity contribution in [3.05, 3.63) is 173 Å². The molecule has 0 spiro atoms. The lowest BCUT2D eigenvalue weighted by Gasteiger charge is -2.26. The summed E-state index contributed by atoms with van der Waals surface area (Å²) in [6, 6.07) is 18.4. The van der Waals surface area contributed by atoms with Crippen LogP contribution in [0.1, 0.15) is 150 Å². The largest absolute Gasteiger partial charge is 0.465 e. The number of nitrogens with one attached hydrogen (secondary N) is 2. The minimum Gasteiger partial charge on any atom is -0.465 e. The minimum atomic E-state index is -0.483. The van der Waals surface area contributed by atoms with E-state index < -0.39 is 11.9 Å². The number of hydrogen-bond donors (Lipinski definition) is 2. The Hall–Kier alpha value is -8.98. The molecule has 0 fully saturated rings. The van der Waals surface area contributed by atoms with Gasteiger partial charge < -0.3 is 19.4 Å². The molecule has 394 valence electrons. The molecule has 80 heavy (non-hydrogen) atoms. The highest BCUT2D eigenvalue weighted by molar-refractivity contribution is 6.21. The van der Waals surface area contributed by atoms with Crippen molar-refractivity contribution in [1.82, 2.24) is 19.9 Å². The monoisotopic (exact) mass is 1050 g/mol. The number of carbonyl (C=O) groups excluding carboxylic acids is 2. The fourth-order valence-electron chi connectivity index (χ4n) is 12.1. The molecule has 4 aliphatic carbocycles. The third-order valence-corrected chi connectivity index (χ3v) is 16.5. The van der Waals surface area contributed by atoms with E-state index in [9.17, 15) is 9.59 Å². The first-order valence-corrected chi connectivity index (χ1v) is 27.5. The maximum Gasteiger partial charge on any atom is 0.347 e. The minimum absolute atomic E-state index is 0.190. The van der Waals surface area contributed by atoms with Crippen LogP contribution >= 0.6 is 0 Å². The van der Waals surface area contributed by atoms with Crippen LogP contribution in [-0.2, 0) is 40.7 Å². The second-order valence-corrected chi connectivity index (χ2v) is 25.9. The van der Waals surface area contributed by atoms with Gasteiger partial charge >= 0.3 is 11.9 Å². The summed E-state index contributed by atoms with van der Waals surface area (Å²) in [6.07, 6.45) is 20.3. The molecule has 0 unspecified atom stereocenters. The van der Waals surface area contributed by atoms with Gasteiger partial charge in [0.25, 0.3) is 0 Å². The molecule has 2 aliphatic heterocycles. The Balaban J connectivity index is 1.32. The third-order valence-electron chi connectivity index (χ3n) is 16.5. The van der Waals surface area contributed by atoms with Gasteiger partial charge in [-0.25, -0.2) is 19.6 Å². The summed E-state index contributed by atoms with van der Waals surface area (Å²) in [5, 5.41) is 5.05. The Morgan fingerprint density at radius 2 is 0.800 bits per heavy atom. The van der Waals surface area contributed by atoms with Crippen molar-refractivity contribution in [3.63, 3.8) is 0 Å².